The third-order valence-electron chi connectivity index (χ3n) is 2.89. The van der Waals surface area contributed by atoms with Crippen molar-refractivity contribution in [1.82, 2.24) is 4.98 Å². The topological polar surface area (TPSA) is 73.3 Å². The molecule has 0 atom stereocenters. The fourth-order valence-corrected chi connectivity index (χ4v) is 1.79. The highest BCUT2D eigenvalue weighted by Crippen LogP contribution is 2.26. The van der Waals surface area contributed by atoms with Gasteiger partial charge in [-0.15, -0.1) is 0 Å². The molecule has 0 fully saturated rings. The Morgan fingerprint density at radius 3 is 2.70 bits per heavy atom. The van der Waals surface area contributed by atoms with Gasteiger partial charge in [-0.2, -0.15) is 0 Å². The zero-order valence-electron chi connectivity index (χ0n) is 12.4. The molecule has 108 valence electrons. The van der Waals surface area contributed by atoms with Crippen LogP contribution in [0.2, 0.25) is 0 Å². The van der Waals surface area contributed by atoms with E-state index in [1.165, 1.54) is 0 Å². The maximum atomic E-state index is 5.88. The highest BCUT2D eigenvalue weighted by molar-refractivity contribution is 5.61. The van der Waals surface area contributed by atoms with E-state index in [1.54, 1.807) is 0 Å². The van der Waals surface area contributed by atoms with Gasteiger partial charge < -0.3 is 20.2 Å². The summed E-state index contributed by atoms with van der Waals surface area (Å²) in [5.41, 5.74) is 8.36. The second kappa shape index (κ2) is 5.86. The van der Waals surface area contributed by atoms with Gasteiger partial charge in [0.15, 0.2) is 0 Å². The molecule has 0 bridgehead atoms. The fraction of sp³-hybridized carbons (Fsp3) is 0.400. The second-order valence-electron chi connectivity index (χ2n) is 5.02. The van der Waals surface area contributed by atoms with Crippen LogP contribution in [0.5, 0.6) is 5.75 Å². The summed E-state index contributed by atoms with van der Waals surface area (Å²) < 4.78 is 11.2. The number of nitrogen functional groups attached to an aromatic ring is 1. The van der Waals surface area contributed by atoms with Crippen molar-refractivity contribution in [3.8, 4) is 5.75 Å². The van der Waals surface area contributed by atoms with Crippen LogP contribution in [0, 0.1) is 13.8 Å². The molecule has 5 nitrogen and oxygen atoms in total. The molecule has 3 N–H and O–H groups in total. The summed E-state index contributed by atoms with van der Waals surface area (Å²) in [7, 11) is 0. The van der Waals surface area contributed by atoms with Crippen LogP contribution in [-0.2, 0) is 6.54 Å². The van der Waals surface area contributed by atoms with Gasteiger partial charge >= 0.3 is 0 Å². The van der Waals surface area contributed by atoms with Crippen molar-refractivity contribution >= 4 is 11.4 Å². The van der Waals surface area contributed by atoms with E-state index in [1.807, 2.05) is 45.9 Å². The van der Waals surface area contributed by atoms with Gasteiger partial charge in [0.2, 0.25) is 5.89 Å². The van der Waals surface area contributed by atoms with E-state index in [0.29, 0.717) is 23.9 Å². The van der Waals surface area contributed by atoms with E-state index < -0.39 is 0 Å². The normalized spacial score (nSPS) is 10.8. The van der Waals surface area contributed by atoms with E-state index in [9.17, 15) is 0 Å². The molecule has 1 heterocycles. The predicted molar refractivity (Wildman–Crippen MR) is 79.9 cm³/mol. The van der Waals surface area contributed by atoms with E-state index in [4.69, 9.17) is 14.9 Å². The van der Waals surface area contributed by atoms with E-state index in [-0.39, 0.29) is 6.10 Å². The summed E-state index contributed by atoms with van der Waals surface area (Å²) in [5, 5.41) is 3.25. The Labute approximate surface area is 119 Å². The molecular formula is C15H21N3O2. The van der Waals surface area contributed by atoms with Crippen LogP contribution in [0.15, 0.2) is 22.6 Å². The van der Waals surface area contributed by atoms with Crippen LogP contribution in [0.1, 0.15) is 31.2 Å². The number of nitrogens with zero attached hydrogens (tertiary/aromatic N) is 1. The van der Waals surface area contributed by atoms with Crippen molar-refractivity contribution in [3.63, 3.8) is 0 Å². The minimum absolute atomic E-state index is 0.0876. The Morgan fingerprint density at radius 2 is 2.10 bits per heavy atom. The number of benzene rings is 1. The van der Waals surface area contributed by atoms with Crippen molar-refractivity contribution in [2.24, 2.45) is 0 Å². The molecule has 2 rings (SSSR count). The zero-order chi connectivity index (χ0) is 14.7. The Balaban J connectivity index is 2.06. The van der Waals surface area contributed by atoms with Gasteiger partial charge in [0.25, 0.3) is 0 Å². The fourth-order valence-electron chi connectivity index (χ4n) is 1.79. The molecule has 0 aliphatic rings. The SMILES string of the molecule is Cc1nc(CNc2ccc(N)c(OC(C)C)c2)oc1C. The smallest absolute Gasteiger partial charge is 0.213 e. The number of hydrogen-bond donors (Lipinski definition) is 2. The van der Waals surface area contributed by atoms with Gasteiger partial charge in [0.05, 0.1) is 24.0 Å². The summed E-state index contributed by atoms with van der Waals surface area (Å²) in [6.45, 7) is 8.30. The summed E-state index contributed by atoms with van der Waals surface area (Å²) >= 11 is 0. The maximum Gasteiger partial charge on any atom is 0.213 e. The predicted octanol–water partition coefficient (Wildman–Crippen LogP) is 3.27. The number of aryl methyl sites for hydroxylation is 2. The van der Waals surface area contributed by atoms with Crippen molar-refractivity contribution in [2.45, 2.75) is 40.3 Å². The van der Waals surface area contributed by atoms with Crippen molar-refractivity contribution in [3.05, 3.63) is 35.5 Å². The average Bonchev–Trinajstić information content (AvgIpc) is 2.69. The lowest BCUT2D eigenvalue weighted by atomic mass is 10.2. The van der Waals surface area contributed by atoms with Crippen LogP contribution in [0.25, 0.3) is 0 Å². The lowest BCUT2D eigenvalue weighted by molar-refractivity contribution is 0.244. The minimum Gasteiger partial charge on any atom is -0.489 e. The quantitative estimate of drug-likeness (QED) is 0.819. The highest BCUT2D eigenvalue weighted by atomic mass is 16.5. The maximum absolute atomic E-state index is 5.88. The van der Waals surface area contributed by atoms with Crippen LogP contribution < -0.4 is 15.8 Å². The first kappa shape index (κ1) is 14.2. The van der Waals surface area contributed by atoms with Crippen molar-refractivity contribution < 1.29 is 9.15 Å². The van der Waals surface area contributed by atoms with Gasteiger partial charge in [-0.25, -0.2) is 4.98 Å². The van der Waals surface area contributed by atoms with E-state index in [2.05, 4.69) is 10.3 Å². The molecule has 1 aromatic carbocycles. The number of hydrogen-bond acceptors (Lipinski definition) is 5. The monoisotopic (exact) mass is 275 g/mol. The molecule has 5 heteroatoms. The van der Waals surface area contributed by atoms with Gasteiger partial charge in [-0.3, -0.25) is 0 Å². The number of nitrogens with one attached hydrogen (secondary N) is 1. The Kier molecular flexibility index (Phi) is 4.17. The Morgan fingerprint density at radius 1 is 1.35 bits per heavy atom. The average molecular weight is 275 g/mol. The van der Waals surface area contributed by atoms with Crippen molar-refractivity contribution in [2.75, 3.05) is 11.1 Å². The number of aromatic nitrogens is 1. The van der Waals surface area contributed by atoms with Crippen LogP contribution in [-0.4, -0.2) is 11.1 Å². The van der Waals surface area contributed by atoms with E-state index >= 15 is 0 Å². The number of ether oxygens (including phenoxy) is 1. The second-order valence-corrected chi connectivity index (χ2v) is 5.02. The summed E-state index contributed by atoms with van der Waals surface area (Å²) in [6, 6.07) is 5.62. The third-order valence-corrected chi connectivity index (χ3v) is 2.89. The lowest BCUT2D eigenvalue weighted by Gasteiger charge is -2.13. The number of rotatable bonds is 5. The molecular weight excluding hydrogens is 254 g/mol. The highest BCUT2D eigenvalue weighted by Gasteiger charge is 2.07. The number of oxazole rings is 1. The number of anilines is 2. The van der Waals surface area contributed by atoms with Crippen molar-refractivity contribution in [1.29, 1.82) is 0 Å². The molecule has 0 spiro atoms. The largest absolute Gasteiger partial charge is 0.489 e. The molecule has 0 saturated heterocycles. The molecule has 0 aliphatic carbocycles. The molecule has 0 saturated carbocycles. The van der Waals surface area contributed by atoms with Crippen LogP contribution >= 0.6 is 0 Å². The van der Waals surface area contributed by atoms with Gasteiger partial charge in [0, 0.05) is 11.8 Å². The standard InChI is InChI=1S/C15H21N3O2/c1-9(2)19-14-7-12(5-6-13(14)16)17-8-15-18-10(3)11(4)20-15/h5-7,9,17H,8,16H2,1-4H3. The summed E-state index contributed by atoms with van der Waals surface area (Å²) in [4.78, 5) is 4.33. The third kappa shape index (κ3) is 3.44. The zero-order valence-corrected chi connectivity index (χ0v) is 12.4. The molecule has 0 aliphatic heterocycles. The van der Waals surface area contributed by atoms with Gasteiger partial charge in [-0.05, 0) is 39.8 Å². The Hall–Kier alpha value is -2.17. The van der Waals surface area contributed by atoms with Crippen LogP contribution in [0.4, 0.5) is 11.4 Å². The van der Waals surface area contributed by atoms with Gasteiger partial charge in [0.1, 0.15) is 11.5 Å². The first-order chi connectivity index (χ1) is 9.45. The first-order valence-electron chi connectivity index (χ1n) is 6.68. The molecule has 0 unspecified atom stereocenters. The minimum atomic E-state index is 0.0876. The van der Waals surface area contributed by atoms with Crippen LogP contribution in [0.3, 0.4) is 0 Å². The first-order valence-corrected chi connectivity index (χ1v) is 6.68. The van der Waals surface area contributed by atoms with E-state index in [0.717, 1.165) is 17.1 Å². The molecule has 0 amide bonds. The molecule has 1 aromatic heterocycles. The summed E-state index contributed by atoms with van der Waals surface area (Å²) in [5.74, 6) is 2.20. The molecule has 20 heavy (non-hydrogen) atoms. The molecule has 2 aromatic rings. The Bertz CT molecular complexity index is 571. The summed E-state index contributed by atoms with van der Waals surface area (Å²) in [6.07, 6.45) is 0.0876. The molecule has 0 radical (unpaired) electrons. The number of nitrogens with two attached hydrogens (primary N) is 1. The van der Waals surface area contributed by atoms with Gasteiger partial charge in [-0.1, -0.05) is 0 Å². The lowest BCUT2D eigenvalue weighted by Crippen LogP contribution is -2.08.